The third kappa shape index (κ3) is 8.76. The maximum absolute atomic E-state index is 12.9. The molecule has 0 radical (unpaired) electrons. The molecule has 0 saturated carbocycles. The van der Waals surface area contributed by atoms with Crippen molar-refractivity contribution < 1.29 is 19.0 Å². The van der Waals surface area contributed by atoms with Gasteiger partial charge >= 0.3 is 0 Å². The van der Waals surface area contributed by atoms with Gasteiger partial charge in [-0.15, -0.1) is 0 Å². The number of nitrogens with one attached hydrogen (secondary N) is 1. The summed E-state index contributed by atoms with van der Waals surface area (Å²) >= 11 is 19.1. The first-order valence-electron chi connectivity index (χ1n) is 12.7. The lowest BCUT2D eigenvalue weighted by Crippen LogP contribution is -2.13. The maximum Gasteiger partial charge on any atom is 0.266 e. The summed E-state index contributed by atoms with van der Waals surface area (Å²) < 4.78 is 19.2. The molecular weight excluding hydrogens is 707 g/mol. The first-order valence-corrected chi connectivity index (χ1v) is 15.0. The number of anilines is 1. The Morgan fingerprint density at radius 1 is 0.881 bits per heavy atom. The van der Waals surface area contributed by atoms with Crippen LogP contribution in [0.15, 0.2) is 93.4 Å². The molecule has 1 amide bonds. The fourth-order valence-electron chi connectivity index (χ4n) is 3.75. The normalized spacial score (nSPS) is 11.0. The monoisotopic (exact) mass is 728 g/mol. The minimum absolute atomic E-state index is 0.0793. The Kier molecular flexibility index (Phi) is 11.3. The van der Waals surface area contributed by atoms with Crippen LogP contribution in [0.4, 0.5) is 5.69 Å². The average molecular weight is 731 g/mol. The highest BCUT2D eigenvalue weighted by atomic mass is 79.9. The molecule has 0 fully saturated rings. The van der Waals surface area contributed by atoms with E-state index < -0.39 is 5.91 Å². The average Bonchev–Trinajstić information content (AvgIpc) is 2.98. The van der Waals surface area contributed by atoms with Gasteiger partial charge in [0.25, 0.3) is 5.91 Å². The lowest BCUT2D eigenvalue weighted by Gasteiger charge is -2.15. The quantitative estimate of drug-likeness (QED) is 0.123. The number of nitriles is 1. The molecule has 0 unspecified atom stereocenters. The molecule has 0 bridgehead atoms. The van der Waals surface area contributed by atoms with Crippen molar-refractivity contribution >= 4 is 72.7 Å². The van der Waals surface area contributed by atoms with Crippen LogP contribution in [0.5, 0.6) is 17.2 Å². The van der Waals surface area contributed by atoms with Crippen LogP contribution in [0.25, 0.3) is 6.08 Å². The second-order valence-electron chi connectivity index (χ2n) is 8.86. The maximum atomic E-state index is 12.9. The SMILES string of the molecule is CCOc1cc(/C=C(\C#N)C(=O)Nc2ccc(OCc3ccc(Br)cc3)cc2)cc(Br)c1OCc1ccc(Cl)c(Cl)c1. The number of amides is 1. The minimum Gasteiger partial charge on any atom is -0.490 e. The van der Waals surface area contributed by atoms with Crippen LogP contribution in [0.1, 0.15) is 23.6 Å². The van der Waals surface area contributed by atoms with Gasteiger partial charge in [-0.25, -0.2) is 0 Å². The third-order valence-electron chi connectivity index (χ3n) is 5.81. The molecule has 10 heteroatoms. The number of halogens is 4. The minimum atomic E-state index is -0.546. The summed E-state index contributed by atoms with van der Waals surface area (Å²) in [6.45, 7) is 2.88. The third-order valence-corrected chi connectivity index (χ3v) is 7.66. The highest BCUT2D eigenvalue weighted by molar-refractivity contribution is 9.10. The Morgan fingerprint density at radius 2 is 1.57 bits per heavy atom. The van der Waals surface area contributed by atoms with E-state index in [2.05, 4.69) is 37.2 Å². The standard InChI is InChI=1S/C32H24Br2Cl2N2O4/c1-2-40-30-16-22(14-27(34)31(30)42-19-21-5-12-28(35)29(36)15-21)13-23(17-37)32(39)38-25-8-10-26(11-9-25)41-18-20-3-6-24(33)7-4-20/h3-16H,2,18-19H2,1H3,(H,38,39)/b23-13+. The summed E-state index contributed by atoms with van der Waals surface area (Å²) in [5.41, 5.74) is 2.89. The molecule has 0 aromatic heterocycles. The van der Waals surface area contributed by atoms with Gasteiger partial charge in [0.1, 0.15) is 30.6 Å². The Balaban J connectivity index is 1.44. The molecule has 214 valence electrons. The number of hydrogen-bond donors (Lipinski definition) is 1. The fraction of sp³-hybridized carbons (Fsp3) is 0.125. The van der Waals surface area contributed by atoms with E-state index in [0.29, 0.717) is 56.2 Å². The molecule has 42 heavy (non-hydrogen) atoms. The van der Waals surface area contributed by atoms with E-state index in [1.54, 1.807) is 48.5 Å². The lowest BCUT2D eigenvalue weighted by molar-refractivity contribution is -0.112. The Bertz CT molecular complexity index is 1640. The van der Waals surface area contributed by atoms with Gasteiger partial charge in [0.15, 0.2) is 11.5 Å². The first-order chi connectivity index (χ1) is 20.2. The largest absolute Gasteiger partial charge is 0.490 e. The van der Waals surface area contributed by atoms with Gasteiger partial charge in [0.05, 0.1) is 21.1 Å². The summed E-state index contributed by atoms with van der Waals surface area (Å²) in [6.07, 6.45) is 1.49. The Hall–Kier alpha value is -3.48. The van der Waals surface area contributed by atoms with E-state index in [1.165, 1.54) is 6.08 Å². The number of nitrogens with zero attached hydrogens (tertiary/aromatic N) is 1. The van der Waals surface area contributed by atoms with Crippen LogP contribution in [0, 0.1) is 11.3 Å². The van der Waals surface area contributed by atoms with Crippen molar-refractivity contribution in [3.05, 3.63) is 120 Å². The molecule has 0 aliphatic carbocycles. The highest BCUT2D eigenvalue weighted by Gasteiger charge is 2.15. The van der Waals surface area contributed by atoms with Crippen LogP contribution in [0.3, 0.4) is 0 Å². The fourth-order valence-corrected chi connectivity index (χ4v) is 4.91. The van der Waals surface area contributed by atoms with E-state index >= 15 is 0 Å². The molecule has 0 aliphatic rings. The summed E-state index contributed by atoms with van der Waals surface area (Å²) in [5, 5.41) is 13.4. The van der Waals surface area contributed by atoms with Crippen molar-refractivity contribution in [2.45, 2.75) is 20.1 Å². The van der Waals surface area contributed by atoms with Gasteiger partial charge in [-0.05, 0) is 106 Å². The second kappa shape index (κ2) is 15.1. The lowest BCUT2D eigenvalue weighted by atomic mass is 10.1. The molecule has 0 spiro atoms. The molecule has 4 rings (SSSR count). The van der Waals surface area contributed by atoms with E-state index in [0.717, 1.165) is 15.6 Å². The predicted octanol–water partition coefficient (Wildman–Crippen LogP) is 9.62. The van der Waals surface area contributed by atoms with Crippen LogP contribution in [0.2, 0.25) is 10.0 Å². The van der Waals surface area contributed by atoms with Crippen molar-refractivity contribution in [3.8, 4) is 23.3 Å². The second-order valence-corrected chi connectivity index (χ2v) is 11.4. The van der Waals surface area contributed by atoms with Crippen molar-refractivity contribution in [1.29, 1.82) is 5.26 Å². The van der Waals surface area contributed by atoms with Gasteiger partial charge in [-0.2, -0.15) is 5.26 Å². The van der Waals surface area contributed by atoms with Gasteiger partial charge in [0, 0.05) is 10.2 Å². The smallest absolute Gasteiger partial charge is 0.266 e. The Labute approximate surface area is 271 Å². The van der Waals surface area contributed by atoms with E-state index in [9.17, 15) is 10.1 Å². The number of hydrogen-bond acceptors (Lipinski definition) is 5. The number of carbonyl (C=O) groups is 1. The number of benzene rings is 4. The summed E-state index contributed by atoms with van der Waals surface area (Å²) in [6, 6.07) is 25.5. The van der Waals surface area contributed by atoms with Gasteiger partial charge < -0.3 is 19.5 Å². The molecule has 6 nitrogen and oxygen atoms in total. The van der Waals surface area contributed by atoms with E-state index in [4.69, 9.17) is 37.4 Å². The van der Waals surface area contributed by atoms with Crippen molar-refractivity contribution in [1.82, 2.24) is 0 Å². The van der Waals surface area contributed by atoms with Gasteiger partial charge in [-0.3, -0.25) is 4.79 Å². The topological polar surface area (TPSA) is 80.6 Å². The highest BCUT2D eigenvalue weighted by Crippen LogP contribution is 2.38. The predicted molar refractivity (Wildman–Crippen MR) is 173 cm³/mol. The molecule has 1 N–H and O–H groups in total. The number of ether oxygens (including phenoxy) is 3. The Morgan fingerprint density at radius 3 is 2.24 bits per heavy atom. The zero-order valence-electron chi connectivity index (χ0n) is 22.3. The van der Waals surface area contributed by atoms with Crippen molar-refractivity contribution in [2.75, 3.05) is 11.9 Å². The van der Waals surface area contributed by atoms with Crippen LogP contribution in [-0.4, -0.2) is 12.5 Å². The zero-order chi connectivity index (χ0) is 30.1. The van der Waals surface area contributed by atoms with E-state index in [1.807, 2.05) is 43.3 Å². The molecule has 4 aromatic rings. The summed E-state index contributed by atoms with van der Waals surface area (Å²) in [4.78, 5) is 12.9. The molecular formula is C32H24Br2Cl2N2O4. The molecule has 0 atom stereocenters. The van der Waals surface area contributed by atoms with Crippen molar-refractivity contribution in [3.63, 3.8) is 0 Å². The van der Waals surface area contributed by atoms with Crippen molar-refractivity contribution in [2.24, 2.45) is 0 Å². The summed E-state index contributed by atoms with van der Waals surface area (Å²) in [7, 11) is 0. The van der Waals surface area contributed by atoms with E-state index in [-0.39, 0.29) is 12.2 Å². The molecule has 4 aromatic carbocycles. The van der Waals surface area contributed by atoms with Gasteiger partial charge in [0.2, 0.25) is 0 Å². The molecule has 0 heterocycles. The van der Waals surface area contributed by atoms with Gasteiger partial charge in [-0.1, -0.05) is 57.3 Å². The molecule has 0 saturated heterocycles. The first kappa shape index (κ1) is 31.5. The van der Waals surface area contributed by atoms with Crippen LogP contribution < -0.4 is 19.5 Å². The number of rotatable bonds is 11. The number of carbonyl (C=O) groups excluding carboxylic acids is 1. The molecule has 0 aliphatic heterocycles. The van der Waals surface area contributed by atoms with Crippen LogP contribution in [-0.2, 0) is 18.0 Å². The zero-order valence-corrected chi connectivity index (χ0v) is 27.0. The summed E-state index contributed by atoms with van der Waals surface area (Å²) in [5.74, 6) is 1.04. The van der Waals surface area contributed by atoms with Crippen LogP contribution >= 0.6 is 55.1 Å².